The quantitative estimate of drug-likeness (QED) is 0.650. The van der Waals surface area contributed by atoms with Gasteiger partial charge in [-0.15, -0.1) is 0 Å². The SMILES string of the molecule is CNCc1c[nH]c2cc(O)ccc12. The highest BCUT2D eigenvalue weighted by atomic mass is 16.3. The summed E-state index contributed by atoms with van der Waals surface area (Å²) in [7, 11) is 1.92. The molecule has 0 aliphatic heterocycles. The number of aromatic amines is 1. The summed E-state index contributed by atoms with van der Waals surface area (Å²) in [6, 6.07) is 5.36. The second kappa shape index (κ2) is 3.11. The second-order valence-corrected chi connectivity index (χ2v) is 3.07. The van der Waals surface area contributed by atoms with E-state index in [2.05, 4.69) is 10.3 Å². The van der Waals surface area contributed by atoms with Gasteiger partial charge in [-0.05, 0) is 24.7 Å². The molecule has 0 unspecified atom stereocenters. The Morgan fingerprint density at radius 3 is 3.08 bits per heavy atom. The number of aromatic nitrogens is 1. The van der Waals surface area contributed by atoms with Crippen molar-refractivity contribution in [2.45, 2.75) is 6.54 Å². The molecule has 0 saturated heterocycles. The van der Waals surface area contributed by atoms with Gasteiger partial charge in [-0.1, -0.05) is 0 Å². The van der Waals surface area contributed by atoms with Crippen molar-refractivity contribution in [2.24, 2.45) is 0 Å². The van der Waals surface area contributed by atoms with Crippen LogP contribution >= 0.6 is 0 Å². The lowest BCUT2D eigenvalue weighted by Crippen LogP contribution is -2.03. The van der Waals surface area contributed by atoms with Crippen LogP contribution in [0.5, 0.6) is 5.75 Å². The van der Waals surface area contributed by atoms with E-state index in [1.165, 1.54) is 5.56 Å². The van der Waals surface area contributed by atoms with Crippen molar-refractivity contribution in [1.29, 1.82) is 0 Å². The molecular formula is C10H12N2O. The molecule has 1 aromatic heterocycles. The number of phenols is 1. The highest BCUT2D eigenvalue weighted by molar-refractivity contribution is 5.84. The average molecular weight is 176 g/mol. The lowest BCUT2D eigenvalue weighted by Gasteiger charge is -1.97. The van der Waals surface area contributed by atoms with Gasteiger partial charge in [-0.3, -0.25) is 0 Å². The smallest absolute Gasteiger partial charge is 0.117 e. The molecule has 68 valence electrons. The number of H-pyrrole nitrogens is 1. The van der Waals surface area contributed by atoms with E-state index in [-0.39, 0.29) is 0 Å². The summed E-state index contributed by atoms with van der Waals surface area (Å²) < 4.78 is 0. The number of benzene rings is 1. The van der Waals surface area contributed by atoms with Gasteiger partial charge in [0.05, 0.1) is 0 Å². The van der Waals surface area contributed by atoms with Crippen molar-refractivity contribution in [1.82, 2.24) is 10.3 Å². The average Bonchev–Trinajstić information content (AvgIpc) is 2.49. The molecule has 1 heterocycles. The van der Waals surface area contributed by atoms with Gasteiger partial charge < -0.3 is 15.4 Å². The third-order valence-corrected chi connectivity index (χ3v) is 2.12. The molecule has 0 aliphatic rings. The standard InChI is InChI=1S/C10H12N2O/c1-11-5-7-6-12-10-4-8(13)2-3-9(7)10/h2-4,6,11-13H,5H2,1H3. The maximum atomic E-state index is 9.23. The maximum absolute atomic E-state index is 9.23. The lowest BCUT2D eigenvalue weighted by molar-refractivity contribution is 0.476. The van der Waals surface area contributed by atoms with Gasteiger partial charge in [0.1, 0.15) is 5.75 Å². The molecule has 0 radical (unpaired) electrons. The van der Waals surface area contributed by atoms with Gasteiger partial charge in [-0.25, -0.2) is 0 Å². The fourth-order valence-corrected chi connectivity index (χ4v) is 1.51. The highest BCUT2D eigenvalue weighted by Gasteiger charge is 2.02. The summed E-state index contributed by atoms with van der Waals surface area (Å²) in [6.45, 7) is 0.838. The molecule has 3 N–H and O–H groups in total. The Morgan fingerprint density at radius 2 is 2.31 bits per heavy atom. The van der Waals surface area contributed by atoms with E-state index in [9.17, 15) is 5.11 Å². The van der Waals surface area contributed by atoms with E-state index < -0.39 is 0 Å². The van der Waals surface area contributed by atoms with Crippen LogP contribution in [0.4, 0.5) is 0 Å². The Bertz CT molecular complexity index is 420. The van der Waals surface area contributed by atoms with Crippen LogP contribution in [0, 0.1) is 0 Å². The summed E-state index contributed by atoms with van der Waals surface area (Å²) in [6.07, 6.45) is 1.96. The number of hydrogen-bond donors (Lipinski definition) is 3. The first kappa shape index (κ1) is 8.13. The fraction of sp³-hybridized carbons (Fsp3) is 0.200. The monoisotopic (exact) mass is 176 g/mol. The third-order valence-electron chi connectivity index (χ3n) is 2.12. The molecule has 3 nitrogen and oxygen atoms in total. The summed E-state index contributed by atoms with van der Waals surface area (Å²) in [5.41, 5.74) is 2.20. The number of aromatic hydroxyl groups is 1. The highest BCUT2D eigenvalue weighted by Crippen LogP contribution is 2.22. The molecule has 13 heavy (non-hydrogen) atoms. The van der Waals surface area contributed by atoms with Crippen LogP contribution in [-0.4, -0.2) is 17.1 Å². The van der Waals surface area contributed by atoms with Crippen LogP contribution in [0.1, 0.15) is 5.56 Å². The van der Waals surface area contributed by atoms with Crippen molar-refractivity contribution in [3.63, 3.8) is 0 Å². The molecule has 0 spiro atoms. The molecule has 0 aliphatic carbocycles. The lowest BCUT2D eigenvalue weighted by atomic mass is 10.2. The zero-order valence-electron chi connectivity index (χ0n) is 7.46. The minimum Gasteiger partial charge on any atom is -0.508 e. The van der Waals surface area contributed by atoms with E-state index >= 15 is 0 Å². The van der Waals surface area contributed by atoms with Gasteiger partial charge in [0.25, 0.3) is 0 Å². The molecular weight excluding hydrogens is 164 g/mol. The predicted octanol–water partition coefficient (Wildman–Crippen LogP) is 1.59. The van der Waals surface area contributed by atoms with E-state index in [0.29, 0.717) is 5.75 Å². The van der Waals surface area contributed by atoms with Gasteiger partial charge in [0.15, 0.2) is 0 Å². The molecule has 0 bridgehead atoms. The number of hydrogen-bond acceptors (Lipinski definition) is 2. The van der Waals surface area contributed by atoms with Gasteiger partial charge in [0.2, 0.25) is 0 Å². The van der Waals surface area contributed by atoms with Crippen molar-refractivity contribution >= 4 is 10.9 Å². The van der Waals surface area contributed by atoms with Gasteiger partial charge in [0, 0.05) is 29.7 Å². The zero-order valence-corrected chi connectivity index (χ0v) is 7.46. The molecule has 0 atom stereocenters. The molecule has 1 aromatic carbocycles. The Balaban J connectivity index is 2.55. The van der Waals surface area contributed by atoms with E-state index in [1.54, 1.807) is 12.1 Å². The number of nitrogens with one attached hydrogen (secondary N) is 2. The van der Waals surface area contributed by atoms with Gasteiger partial charge >= 0.3 is 0 Å². The normalized spacial score (nSPS) is 10.8. The Morgan fingerprint density at radius 1 is 1.46 bits per heavy atom. The van der Waals surface area contributed by atoms with Crippen LogP contribution in [0.2, 0.25) is 0 Å². The van der Waals surface area contributed by atoms with Crippen molar-refractivity contribution in [3.8, 4) is 5.75 Å². The van der Waals surface area contributed by atoms with Crippen LogP contribution in [0.15, 0.2) is 24.4 Å². The minimum absolute atomic E-state index is 0.297. The molecule has 2 rings (SSSR count). The Kier molecular flexibility index (Phi) is 1.94. The predicted molar refractivity (Wildman–Crippen MR) is 52.7 cm³/mol. The zero-order chi connectivity index (χ0) is 9.26. The largest absolute Gasteiger partial charge is 0.508 e. The molecule has 0 fully saturated rings. The number of fused-ring (bicyclic) bond motifs is 1. The van der Waals surface area contributed by atoms with Crippen molar-refractivity contribution < 1.29 is 5.11 Å². The summed E-state index contributed by atoms with van der Waals surface area (Å²) in [4.78, 5) is 3.11. The Hall–Kier alpha value is -1.48. The summed E-state index contributed by atoms with van der Waals surface area (Å²) >= 11 is 0. The number of rotatable bonds is 2. The van der Waals surface area contributed by atoms with Crippen LogP contribution in [0.25, 0.3) is 10.9 Å². The first-order valence-corrected chi connectivity index (χ1v) is 4.25. The maximum Gasteiger partial charge on any atom is 0.117 e. The Labute approximate surface area is 76.4 Å². The molecule has 0 amide bonds. The minimum atomic E-state index is 0.297. The molecule has 3 heteroatoms. The van der Waals surface area contributed by atoms with E-state index in [1.807, 2.05) is 19.3 Å². The summed E-state index contributed by atoms with van der Waals surface area (Å²) in [5.74, 6) is 0.297. The van der Waals surface area contributed by atoms with Crippen LogP contribution < -0.4 is 5.32 Å². The second-order valence-electron chi connectivity index (χ2n) is 3.07. The third kappa shape index (κ3) is 1.38. The van der Waals surface area contributed by atoms with Crippen molar-refractivity contribution in [2.75, 3.05) is 7.05 Å². The fourth-order valence-electron chi connectivity index (χ4n) is 1.51. The number of phenolic OH excluding ortho intramolecular Hbond substituents is 1. The summed E-state index contributed by atoms with van der Waals surface area (Å²) in [5, 5.41) is 13.5. The first-order chi connectivity index (χ1) is 6.31. The molecule has 0 saturated carbocycles. The van der Waals surface area contributed by atoms with Crippen molar-refractivity contribution in [3.05, 3.63) is 30.0 Å². The van der Waals surface area contributed by atoms with Crippen LogP contribution in [0.3, 0.4) is 0 Å². The molecule has 2 aromatic rings. The first-order valence-electron chi connectivity index (χ1n) is 4.25. The van der Waals surface area contributed by atoms with Crippen LogP contribution in [-0.2, 0) is 6.54 Å². The van der Waals surface area contributed by atoms with E-state index in [0.717, 1.165) is 17.4 Å². The van der Waals surface area contributed by atoms with E-state index in [4.69, 9.17) is 0 Å². The van der Waals surface area contributed by atoms with Gasteiger partial charge in [-0.2, -0.15) is 0 Å². The topological polar surface area (TPSA) is 48.0 Å².